The molecule has 5 aromatic rings. The summed E-state index contributed by atoms with van der Waals surface area (Å²) < 4.78 is 33.3. The quantitative estimate of drug-likeness (QED) is 0.116. The Labute approximate surface area is 333 Å². The van der Waals surface area contributed by atoms with E-state index in [0.29, 0.717) is 47.9 Å². The molecule has 0 aliphatic carbocycles. The second kappa shape index (κ2) is 18.0. The van der Waals surface area contributed by atoms with Crippen LogP contribution in [0.4, 0.5) is 25.4 Å². The van der Waals surface area contributed by atoms with Crippen LogP contribution in [0.5, 0.6) is 0 Å². The summed E-state index contributed by atoms with van der Waals surface area (Å²) in [7, 11) is 0. The number of halogens is 1. The third-order valence-electron chi connectivity index (χ3n) is 10.0. The van der Waals surface area contributed by atoms with Crippen molar-refractivity contribution in [3.8, 4) is 0 Å². The van der Waals surface area contributed by atoms with E-state index in [1.807, 2.05) is 44.2 Å². The van der Waals surface area contributed by atoms with Gasteiger partial charge in [-0.3, -0.25) is 9.59 Å². The minimum atomic E-state index is -1.38. The number of benzene rings is 3. The molecule has 3 amide bonds. The molecule has 1 saturated heterocycles. The van der Waals surface area contributed by atoms with Gasteiger partial charge in [0.05, 0.1) is 23.2 Å². The largest absolute Gasteiger partial charge is 0.477 e. The van der Waals surface area contributed by atoms with E-state index in [9.17, 15) is 29.1 Å². The average Bonchev–Trinajstić information content (AvgIpc) is 3.71. The van der Waals surface area contributed by atoms with Crippen LogP contribution in [0.2, 0.25) is 0 Å². The monoisotopic (exact) mass is 796 g/mol. The lowest BCUT2D eigenvalue weighted by atomic mass is 9.99. The number of nitrogens with one attached hydrogen (secondary N) is 2. The molecule has 3 heterocycles. The highest BCUT2D eigenvalue weighted by Crippen LogP contribution is 2.28. The number of hydrogen-bond donors (Lipinski definition) is 3. The molecular formula is C42H45FN6O9. The van der Waals surface area contributed by atoms with Crippen molar-refractivity contribution < 1.29 is 42.7 Å². The zero-order valence-corrected chi connectivity index (χ0v) is 32.6. The van der Waals surface area contributed by atoms with Gasteiger partial charge < -0.3 is 44.1 Å². The van der Waals surface area contributed by atoms with Crippen LogP contribution in [-0.4, -0.2) is 70.0 Å². The number of alkyl carbamates (subject to hydrolysis) is 1. The Bertz CT molecular complexity index is 2340. The number of rotatable bonds is 13. The SMILES string of the molecule is CCn1cc(C(=O)O)c(=O)c2cc(F)c(N3CCN(C(=O)OCc4ccc(NC(=O)C(C)c5cc(C(NC(=O)OCc6ccccc6)C(C)C)no5)cc4)CC3)cc21. The number of fused-ring (bicyclic) bond motifs is 1. The zero-order valence-electron chi connectivity index (χ0n) is 32.6. The van der Waals surface area contributed by atoms with Crippen LogP contribution in [0, 0.1) is 11.7 Å². The van der Waals surface area contributed by atoms with Crippen molar-refractivity contribution in [2.24, 2.45) is 5.92 Å². The van der Waals surface area contributed by atoms with Crippen molar-refractivity contribution in [1.29, 1.82) is 0 Å². The third-order valence-corrected chi connectivity index (χ3v) is 10.0. The first-order valence-electron chi connectivity index (χ1n) is 18.9. The van der Waals surface area contributed by atoms with Gasteiger partial charge in [-0.2, -0.15) is 0 Å². The lowest BCUT2D eigenvalue weighted by Gasteiger charge is -2.35. The number of anilines is 2. The molecule has 0 spiro atoms. The van der Waals surface area contributed by atoms with Gasteiger partial charge in [0.25, 0.3) is 0 Å². The number of carboxylic acid groups (broad SMARTS) is 1. The van der Waals surface area contributed by atoms with Crippen molar-refractivity contribution in [2.75, 3.05) is 36.4 Å². The average molecular weight is 797 g/mol. The first-order chi connectivity index (χ1) is 27.8. The maximum Gasteiger partial charge on any atom is 0.410 e. The van der Waals surface area contributed by atoms with Crippen LogP contribution in [0.15, 0.2) is 88.3 Å². The number of ether oxygens (including phenoxy) is 2. The molecule has 15 nitrogen and oxygen atoms in total. The predicted molar refractivity (Wildman–Crippen MR) is 212 cm³/mol. The summed E-state index contributed by atoms with van der Waals surface area (Å²) in [4.78, 5) is 66.2. The number of aromatic nitrogens is 2. The van der Waals surface area contributed by atoms with Gasteiger partial charge in [0.2, 0.25) is 11.3 Å². The van der Waals surface area contributed by atoms with E-state index in [4.69, 9.17) is 14.0 Å². The highest BCUT2D eigenvalue weighted by atomic mass is 19.1. The number of carbonyl (C=O) groups excluding carboxylic acids is 3. The highest BCUT2D eigenvalue weighted by molar-refractivity contribution is 5.95. The molecule has 2 atom stereocenters. The fourth-order valence-electron chi connectivity index (χ4n) is 6.61. The number of amides is 3. The summed E-state index contributed by atoms with van der Waals surface area (Å²) in [6, 6.07) is 19.9. The Morgan fingerprint density at radius 1 is 0.914 bits per heavy atom. The summed E-state index contributed by atoms with van der Waals surface area (Å²) in [6.45, 7) is 8.95. The van der Waals surface area contributed by atoms with Crippen molar-refractivity contribution in [3.05, 3.63) is 123 Å². The van der Waals surface area contributed by atoms with E-state index in [2.05, 4.69) is 15.8 Å². The molecule has 58 heavy (non-hydrogen) atoms. The molecular weight excluding hydrogens is 751 g/mol. The van der Waals surface area contributed by atoms with E-state index in [0.717, 1.165) is 11.6 Å². The number of carboxylic acids is 1. The summed E-state index contributed by atoms with van der Waals surface area (Å²) >= 11 is 0. The van der Waals surface area contributed by atoms with Gasteiger partial charge in [0, 0.05) is 56.1 Å². The zero-order chi connectivity index (χ0) is 41.5. The number of pyridine rings is 1. The Morgan fingerprint density at radius 2 is 1.59 bits per heavy atom. The Morgan fingerprint density at radius 3 is 2.24 bits per heavy atom. The smallest absolute Gasteiger partial charge is 0.410 e. The van der Waals surface area contributed by atoms with Gasteiger partial charge >= 0.3 is 18.2 Å². The van der Waals surface area contributed by atoms with Gasteiger partial charge in [-0.05, 0) is 55.2 Å². The van der Waals surface area contributed by atoms with E-state index < -0.39 is 46.9 Å². The van der Waals surface area contributed by atoms with Gasteiger partial charge in [0.1, 0.15) is 36.0 Å². The van der Waals surface area contributed by atoms with Crippen LogP contribution >= 0.6 is 0 Å². The maximum atomic E-state index is 15.3. The number of aromatic carboxylic acids is 1. The molecule has 0 saturated carbocycles. The van der Waals surface area contributed by atoms with E-state index >= 15 is 4.39 Å². The predicted octanol–water partition coefficient (Wildman–Crippen LogP) is 6.67. The first kappa shape index (κ1) is 40.9. The summed E-state index contributed by atoms with van der Waals surface area (Å²) in [5.41, 5.74) is 2.04. The molecule has 3 N–H and O–H groups in total. The van der Waals surface area contributed by atoms with Crippen LogP contribution in [-0.2, 0) is 34.0 Å². The van der Waals surface area contributed by atoms with E-state index in [-0.39, 0.29) is 49.2 Å². The van der Waals surface area contributed by atoms with Gasteiger partial charge in [-0.15, -0.1) is 0 Å². The lowest BCUT2D eigenvalue weighted by molar-refractivity contribution is -0.117. The second-order valence-corrected chi connectivity index (χ2v) is 14.3. The lowest BCUT2D eigenvalue weighted by Crippen LogP contribution is -2.49. The van der Waals surface area contributed by atoms with Crippen LogP contribution < -0.4 is 21.0 Å². The number of carbonyl (C=O) groups is 4. The molecule has 3 aromatic carbocycles. The summed E-state index contributed by atoms with van der Waals surface area (Å²) in [5, 5.41) is 19.2. The summed E-state index contributed by atoms with van der Waals surface area (Å²) in [6.07, 6.45) is 0.136. The van der Waals surface area contributed by atoms with Gasteiger partial charge in [-0.1, -0.05) is 61.5 Å². The van der Waals surface area contributed by atoms with Crippen molar-refractivity contribution in [3.63, 3.8) is 0 Å². The van der Waals surface area contributed by atoms with Crippen LogP contribution in [0.1, 0.15) is 72.6 Å². The molecule has 1 aliphatic heterocycles. The highest BCUT2D eigenvalue weighted by Gasteiger charge is 2.28. The molecule has 2 aromatic heterocycles. The fourth-order valence-corrected chi connectivity index (χ4v) is 6.61. The topological polar surface area (TPSA) is 186 Å². The standard InChI is InChI=1S/C42H45FN6O9/c1-5-47-22-31(40(52)53)38(50)30-19-32(43)35(21-34(30)47)48-15-17-49(18-16-48)42(55)57-24-28-11-13-29(14-12-28)44-39(51)26(4)36-20-33(46-58-36)37(25(2)3)45-41(54)56-23-27-9-7-6-8-10-27/h6-14,19-22,25-26,37H,5,15-18,23-24H2,1-4H3,(H,44,51)(H,45,54)(H,52,53). The molecule has 1 fully saturated rings. The number of piperazine rings is 1. The molecule has 6 rings (SSSR count). The van der Waals surface area contributed by atoms with Crippen LogP contribution in [0.3, 0.4) is 0 Å². The van der Waals surface area contributed by atoms with Crippen molar-refractivity contribution in [1.82, 2.24) is 19.9 Å². The third kappa shape index (κ3) is 9.45. The Hall–Kier alpha value is -6.71. The minimum absolute atomic E-state index is 0.0124. The first-order valence-corrected chi connectivity index (χ1v) is 18.9. The summed E-state index contributed by atoms with van der Waals surface area (Å²) in [5.74, 6) is -2.81. The normalized spacial score (nSPS) is 13.9. The minimum Gasteiger partial charge on any atom is -0.477 e. The molecule has 0 radical (unpaired) electrons. The number of aryl methyl sites for hydroxylation is 1. The van der Waals surface area contributed by atoms with E-state index in [1.165, 1.54) is 11.1 Å². The number of hydrogen-bond acceptors (Lipinski definition) is 10. The molecule has 0 bridgehead atoms. The molecule has 16 heteroatoms. The fraction of sp³-hybridized carbons (Fsp3) is 0.333. The molecule has 304 valence electrons. The Balaban J connectivity index is 0.975. The molecule has 1 aliphatic rings. The van der Waals surface area contributed by atoms with E-state index in [1.54, 1.807) is 59.7 Å². The second-order valence-electron chi connectivity index (χ2n) is 14.3. The van der Waals surface area contributed by atoms with Gasteiger partial charge in [0.15, 0.2) is 0 Å². The van der Waals surface area contributed by atoms with Crippen molar-refractivity contribution >= 4 is 46.3 Å². The maximum absolute atomic E-state index is 15.3. The Kier molecular flexibility index (Phi) is 12.7. The van der Waals surface area contributed by atoms with Crippen molar-refractivity contribution in [2.45, 2.75) is 59.4 Å². The van der Waals surface area contributed by atoms with Crippen LogP contribution in [0.25, 0.3) is 10.9 Å². The molecule has 2 unspecified atom stereocenters. The number of nitrogens with zero attached hydrogens (tertiary/aromatic N) is 4. The van der Waals surface area contributed by atoms with Gasteiger partial charge in [-0.25, -0.2) is 18.8 Å².